The van der Waals surface area contributed by atoms with E-state index in [0.29, 0.717) is 6.42 Å². The van der Waals surface area contributed by atoms with Gasteiger partial charge in [-0.1, -0.05) is 42.5 Å². The number of Topliss-reactive ketones (excluding diaryl/α,β-unsaturated/α-hetero) is 1. The minimum atomic E-state index is 0.202. The van der Waals surface area contributed by atoms with Crippen molar-refractivity contribution in [3.8, 4) is 5.75 Å². The van der Waals surface area contributed by atoms with Crippen LogP contribution in [0.25, 0.3) is 6.08 Å². The summed E-state index contributed by atoms with van der Waals surface area (Å²) in [6, 6.07) is 18.2. The molecule has 0 heterocycles. The Morgan fingerprint density at radius 3 is 2.68 bits per heavy atom. The Morgan fingerprint density at radius 1 is 1.09 bits per heavy atom. The predicted octanol–water partition coefficient (Wildman–Crippen LogP) is 4.62. The van der Waals surface area contributed by atoms with Gasteiger partial charge in [0.25, 0.3) is 0 Å². The molecule has 2 aromatic rings. The van der Waals surface area contributed by atoms with Gasteiger partial charge in [-0.3, -0.25) is 4.79 Å². The van der Waals surface area contributed by atoms with Gasteiger partial charge in [0.2, 0.25) is 0 Å². The van der Waals surface area contributed by atoms with Crippen molar-refractivity contribution < 1.29 is 9.53 Å². The molecule has 1 atom stereocenters. The number of ketones is 1. The number of ether oxygens (including phenoxy) is 1. The molecular formula is C20H20O2. The highest BCUT2D eigenvalue weighted by Crippen LogP contribution is 2.36. The van der Waals surface area contributed by atoms with Crippen molar-refractivity contribution in [3.05, 3.63) is 71.3 Å². The second-order valence-electron chi connectivity index (χ2n) is 5.65. The summed E-state index contributed by atoms with van der Waals surface area (Å²) in [6.45, 7) is 0. The van der Waals surface area contributed by atoms with Crippen molar-refractivity contribution in [1.29, 1.82) is 0 Å². The highest BCUT2D eigenvalue weighted by molar-refractivity contribution is 6.01. The van der Waals surface area contributed by atoms with Gasteiger partial charge in [0, 0.05) is 17.9 Å². The van der Waals surface area contributed by atoms with E-state index in [2.05, 4.69) is 12.1 Å². The molecule has 0 N–H and O–H groups in total. The lowest BCUT2D eigenvalue weighted by atomic mass is 9.78. The third kappa shape index (κ3) is 3.11. The van der Waals surface area contributed by atoms with Crippen molar-refractivity contribution in [2.45, 2.75) is 25.2 Å². The SMILES string of the molecule is COc1cccc(/C=C2\C(=O)CCCC2c2ccccc2)c1. The molecule has 0 saturated heterocycles. The van der Waals surface area contributed by atoms with Gasteiger partial charge >= 0.3 is 0 Å². The van der Waals surface area contributed by atoms with Crippen molar-refractivity contribution in [2.75, 3.05) is 7.11 Å². The number of hydrogen-bond donors (Lipinski definition) is 0. The Hall–Kier alpha value is -2.35. The van der Waals surface area contributed by atoms with Crippen LogP contribution in [0, 0.1) is 0 Å². The lowest BCUT2D eigenvalue weighted by Gasteiger charge is -2.25. The summed E-state index contributed by atoms with van der Waals surface area (Å²) < 4.78 is 5.27. The molecule has 1 fully saturated rings. The highest BCUT2D eigenvalue weighted by atomic mass is 16.5. The molecule has 0 spiro atoms. The molecule has 2 aromatic carbocycles. The predicted molar refractivity (Wildman–Crippen MR) is 89.0 cm³/mol. The zero-order valence-corrected chi connectivity index (χ0v) is 12.8. The summed E-state index contributed by atoms with van der Waals surface area (Å²) in [6.07, 6.45) is 4.68. The van der Waals surface area contributed by atoms with Crippen LogP contribution in [0.5, 0.6) is 5.75 Å². The molecular weight excluding hydrogens is 272 g/mol. The third-order valence-electron chi connectivity index (χ3n) is 4.21. The van der Waals surface area contributed by atoms with Crippen molar-refractivity contribution in [2.24, 2.45) is 0 Å². The van der Waals surface area contributed by atoms with Gasteiger partial charge in [-0.2, -0.15) is 0 Å². The second kappa shape index (κ2) is 6.61. The van der Waals surface area contributed by atoms with Gasteiger partial charge in [0.15, 0.2) is 5.78 Å². The van der Waals surface area contributed by atoms with E-state index in [1.54, 1.807) is 7.11 Å². The first-order valence-corrected chi connectivity index (χ1v) is 7.72. The summed E-state index contributed by atoms with van der Waals surface area (Å²) in [5.74, 6) is 1.28. The van der Waals surface area contributed by atoms with Crippen LogP contribution in [0.1, 0.15) is 36.3 Å². The average molecular weight is 292 g/mol. The normalized spacial score (nSPS) is 20.1. The van der Waals surface area contributed by atoms with Crippen LogP contribution in [-0.4, -0.2) is 12.9 Å². The molecule has 1 saturated carbocycles. The number of carbonyl (C=O) groups is 1. The lowest BCUT2D eigenvalue weighted by Crippen LogP contribution is -2.17. The van der Waals surface area contributed by atoms with E-state index in [4.69, 9.17) is 4.74 Å². The molecule has 0 aromatic heterocycles. The Labute approximate surface area is 131 Å². The highest BCUT2D eigenvalue weighted by Gasteiger charge is 2.26. The quantitative estimate of drug-likeness (QED) is 0.772. The van der Waals surface area contributed by atoms with E-state index in [-0.39, 0.29) is 11.7 Å². The minimum Gasteiger partial charge on any atom is -0.497 e. The lowest BCUT2D eigenvalue weighted by molar-refractivity contribution is -0.116. The molecule has 22 heavy (non-hydrogen) atoms. The van der Waals surface area contributed by atoms with E-state index >= 15 is 0 Å². The molecule has 0 bridgehead atoms. The van der Waals surface area contributed by atoms with E-state index in [9.17, 15) is 4.79 Å². The van der Waals surface area contributed by atoms with E-state index in [1.165, 1.54) is 5.56 Å². The maximum atomic E-state index is 12.4. The first-order chi connectivity index (χ1) is 10.8. The van der Waals surface area contributed by atoms with E-state index in [0.717, 1.165) is 29.7 Å². The molecule has 1 aliphatic rings. The fourth-order valence-electron chi connectivity index (χ4n) is 3.08. The third-order valence-corrected chi connectivity index (χ3v) is 4.21. The Balaban J connectivity index is 1.99. The van der Waals surface area contributed by atoms with Gasteiger partial charge in [-0.05, 0) is 42.2 Å². The van der Waals surface area contributed by atoms with Gasteiger partial charge in [0.1, 0.15) is 5.75 Å². The van der Waals surface area contributed by atoms with Gasteiger partial charge < -0.3 is 4.74 Å². The van der Waals surface area contributed by atoms with Crippen LogP contribution in [0.2, 0.25) is 0 Å². The molecule has 0 aliphatic heterocycles. The Bertz CT molecular complexity index is 686. The standard InChI is InChI=1S/C20H20O2/c1-22-17-10-5-7-15(13-17)14-19-18(11-6-12-20(19)21)16-8-3-2-4-9-16/h2-5,7-10,13-14,18H,6,11-12H2,1H3/b19-14-. The van der Waals surface area contributed by atoms with E-state index < -0.39 is 0 Å². The molecule has 2 heteroatoms. The summed E-state index contributed by atoms with van der Waals surface area (Å²) >= 11 is 0. The number of allylic oxidation sites excluding steroid dienone is 1. The van der Waals surface area contributed by atoms with Crippen LogP contribution in [-0.2, 0) is 4.79 Å². The number of hydrogen-bond acceptors (Lipinski definition) is 2. The van der Waals surface area contributed by atoms with E-state index in [1.807, 2.05) is 48.5 Å². The Morgan fingerprint density at radius 2 is 1.91 bits per heavy atom. The zero-order valence-electron chi connectivity index (χ0n) is 12.8. The van der Waals surface area contributed by atoms with Gasteiger partial charge in [-0.15, -0.1) is 0 Å². The van der Waals surface area contributed by atoms with Crippen molar-refractivity contribution in [1.82, 2.24) is 0 Å². The second-order valence-corrected chi connectivity index (χ2v) is 5.65. The summed E-state index contributed by atoms with van der Waals surface area (Å²) in [5.41, 5.74) is 3.17. The first-order valence-electron chi connectivity index (χ1n) is 7.72. The maximum absolute atomic E-state index is 12.4. The van der Waals surface area contributed by atoms with Crippen molar-refractivity contribution in [3.63, 3.8) is 0 Å². The smallest absolute Gasteiger partial charge is 0.159 e. The largest absolute Gasteiger partial charge is 0.497 e. The molecule has 2 nitrogen and oxygen atoms in total. The average Bonchev–Trinajstić information content (AvgIpc) is 2.58. The number of rotatable bonds is 3. The molecule has 1 aliphatic carbocycles. The monoisotopic (exact) mass is 292 g/mol. The number of carbonyl (C=O) groups excluding carboxylic acids is 1. The molecule has 0 radical (unpaired) electrons. The Kier molecular flexibility index (Phi) is 4.38. The maximum Gasteiger partial charge on any atom is 0.159 e. The fraction of sp³-hybridized carbons (Fsp3) is 0.250. The van der Waals surface area contributed by atoms with Crippen LogP contribution >= 0.6 is 0 Å². The van der Waals surface area contributed by atoms with Crippen LogP contribution in [0.3, 0.4) is 0 Å². The van der Waals surface area contributed by atoms with Crippen molar-refractivity contribution >= 4 is 11.9 Å². The zero-order chi connectivity index (χ0) is 15.4. The van der Waals surface area contributed by atoms with Gasteiger partial charge in [0.05, 0.1) is 7.11 Å². The summed E-state index contributed by atoms with van der Waals surface area (Å²) in [4.78, 5) is 12.4. The molecule has 112 valence electrons. The molecule has 0 amide bonds. The van der Waals surface area contributed by atoms with Gasteiger partial charge in [-0.25, -0.2) is 0 Å². The molecule has 3 rings (SSSR count). The summed E-state index contributed by atoms with van der Waals surface area (Å²) in [5, 5.41) is 0. The summed E-state index contributed by atoms with van der Waals surface area (Å²) in [7, 11) is 1.66. The number of benzene rings is 2. The fourth-order valence-corrected chi connectivity index (χ4v) is 3.08. The van der Waals surface area contributed by atoms with Crippen LogP contribution in [0.15, 0.2) is 60.2 Å². The van der Waals surface area contributed by atoms with Crippen LogP contribution < -0.4 is 4.74 Å². The number of methoxy groups -OCH3 is 1. The minimum absolute atomic E-state index is 0.202. The first kappa shape index (κ1) is 14.6. The van der Waals surface area contributed by atoms with Crippen LogP contribution in [0.4, 0.5) is 0 Å². The topological polar surface area (TPSA) is 26.3 Å². The molecule has 1 unspecified atom stereocenters.